The number of aryl methyl sites for hydroxylation is 2. The van der Waals surface area contributed by atoms with Crippen molar-refractivity contribution >= 4 is 36.7 Å². The molecular formula is C44H50B2O4. The van der Waals surface area contributed by atoms with Gasteiger partial charge in [-0.15, -0.1) is 0 Å². The average molecular weight is 665 g/mol. The van der Waals surface area contributed by atoms with E-state index in [-0.39, 0.29) is 0 Å². The lowest BCUT2D eigenvalue weighted by Crippen LogP contribution is -2.49. The molecule has 0 aromatic heterocycles. The molecule has 5 aromatic carbocycles. The Balaban J connectivity index is 1.35. The summed E-state index contributed by atoms with van der Waals surface area (Å²) < 4.78 is 12.1. The molecule has 0 saturated heterocycles. The summed E-state index contributed by atoms with van der Waals surface area (Å²) in [4.78, 5) is 0. The van der Waals surface area contributed by atoms with E-state index in [0.717, 1.165) is 34.9 Å². The first-order valence-corrected chi connectivity index (χ1v) is 17.7. The number of fused-ring (bicyclic) bond motifs is 3. The Morgan fingerprint density at radius 1 is 0.520 bits per heavy atom. The van der Waals surface area contributed by atoms with Crippen molar-refractivity contribution in [1.29, 1.82) is 0 Å². The average Bonchev–Trinajstić information content (AvgIpc) is 3.06. The molecule has 4 nitrogen and oxygen atoms in total. The molecule has 0 bridgehead atoms. The van der Waals surface area contributed by atoms with Gasteiger partial charge in [0.1, 0.15) is 0 Å². The van der Waals surface area contributed by atoms with Crippen molar-refractivity contribution in [2.45, 2.75) is 103 Å². The number of benzene rings is 5. The Kier molecular flexibility index (Phi) is 9.50. The SMILES string of the molecule is CC(c1ccc([B]OC(C)(C)C(C)(C)O)cc1)(c1ccc([B]OC(C)(C)C(C)(C)O)cc1)c1ccc(-c2cc3c(c4ccccc24)CC3)cc1. The quantitative estimate of drug-likeness (QED) is 0.107. The summed E-state index contributed by atoms with van der Waals surface area (Å²) in [7, 11) is 3.46. The van der Waals surface area contributed by atoms with Crippen molar-refractivity contribution in [3.05, 3.63) is 131 Å². The van der Waals surface area contributed by atoms with Crippen LogP contribution in [-0.4, -0.2) is 47.6 Å². The Hall–Kier alpha value is -3.67. The van der Waals surface area contributed by atoms with Crippen LogP contribution < -0.4 is 10.9 Å². The highest BCUT2D eigenvalue weighted by atomic mass is 16.5. The van der Waals surface area contributed by atoms with Crippen molar-refractivity contribution in [1.82, 2.24) is 0 Å². The lowest BCUT2D eigenvalue weighted by atomic mass is 9.69. The largest absolute Gasteiger partial charge is 0.427 e. The third kappa shape index (κ3) is 6.84. The number of hydrogen-bond donors (Lipinski definition) is 2. The summed E-state index contributed by atoms with van der Waals surface area (Å²) in [5, 5.41) is 23.8. The summed E-state index contributed by atoms with van der Waals surface area (Å²) in [5.74, 6) is 0. The van der Waals surface area contributed by atoms with Gasteiger partial charge in [-0.05, 0) is 125 Å². The van der Waals surface area contributed by atoms with Gasteiger partial charge in [0.25, 0.3) is 0 Å². The highest BCUT2D eigenvalue weighted by Gasteiger charge is 2.37. The summed E-state index contributed by atoms with van der Waals surface area (Å²) in [6.45, 7) is 16.9. The molecule has 0 saturated carbocycles. The van der Waals surface area contributed by atoms with Crippen molar-refractivity contribution in [2.75, 3.05) is 0 Å². The van der Waals surface area contributed by atoms with Crippen LogP contribution in [0, 0.1) is 0 Å². The van der Waals surface area contributed by atoms with Gasteiger partial charge in [0.15, 0.2) is 0 Å². The maximum Gasteiger partial charge on any atom is 0.330 e. The third-order valence-electron chi connectivity index (χ3n) is 11.6. The normalized spacial score (nSPS) is 13.9. The predicted molar refractivity (Wildman–Crippen MR) is 209 cm³/mol. The van der Waals surface area contributed by atoms with E-state index in [0.29, 0.717) is 0 Å². The van der Waals surface area contributed by atoms with Crippen molar-refractivity contribution in [3.63, 3.8) is 0 Å². The summed E-state index contributed by atoms with van der Waals surface area (Å²) in [5.41, 5.74) is 6.81. The van der Waals surface area contributed by atoms with Crippen molar-refractivity contribution in [2.24, 2.45) is 0 Å². The molecule has 0 aliphatic heterocycles. The van der Waals surface area contributed by atoms with Gasteiger partial charge in [0, 0.05) is 5.41 Å². The number of aliphatic hydroxyl groups is 2. The fourth-order valence-electron chi connectivity index (χ4n) is 6.33. The van der Waals surface area contributed by atoms with E-state index in [9.17, 15) is 10.2 Å². The molecule has 256 valence electrons. The Labute approximate surface area is 300 Å². The van der Waals surface area contributed by atoms with Crippen LogP contribution >= 0.6 is 0 Å². The predicted octanol–water partition coefficient (Wildman–Crippen LogP) is 7.58. The van der Waals surface area contributed by atoms with E-state index in [1.54, 1.807) is 42.7 Å². The molecule has 1 aliphatic carbocycles. The van der Waals surface area contributed by atoms with E-state index >= 15 is 0 Å². The van der Waals surface area contributed by atoms with Gasteiger partial charge in [0.05, 0.1) is 22.4 Å². The molecule has 2 radical (unpaired) electrons. The summed E-state index contributed by atoms with van der Waals surface area (Å²) in [6, 6.07) is 37.2. The van der Waals surface area contributed by atoms with E-state index in [2.05, 4.69) is 110 Å². The second-order valence-corrected chi connectivity index (χ2v) is 16.2. The number of hydrogen-bond acceptors (Lipinski definition) is 4. The van der Waals surface area contributed by atoms with Crippen LogP contribution in [0.25, 0.3) is 21.9 Å². The molecule has 0 atom stereocenters. The molecule has 0 unspecified atom stereocenters. The minimum absolute atomic E-state index is 0.474. The van der Waals surface area contributed by atoms with Gasteiger partial charge in [0.2, 0.25) is 0 Å². The molecule has 2 N–H and O–H groups in total. The molecule has 50 heavy (non-hydrogen) atoms. The zero-order chi connectivity index (χ0) is 36.1. The van der Waals surface area contributed by atoms with Crippen LogP contribution in [0.4, 0.5) is 0 Å². The standard InChI is InChI=1S/C44H50B2O4/c1-40(2,47)42(5,6)49-45-34-23-19-32(20-24-34)44(9,33-21-25-35(26-22-33)46-50-43(7,8)41(3,4)48)31-17-14-29(15-18-31)39-28-30-16-27-36(30)37-12-10-11-13-38(37)39/h10-15,17-26,28,47-48H,16,27H2,1-9H3. The maximum absolute atomic E-state index is 10.6. The molecule has 0 spiro atoms. The highest BCUT2D eigenvalue weighted by Crippen LogP contribution is 2.42. The van der Waals surface area contributed by atoms with Crippen molar-refractivity contribution < 1.29 is 19.5 Å². The molecule has 6 rings (SSSR count). The molecule has 0 heterocycles. The van der Waals surface area contributed by atoms with Crippen LogP contribution in [0.1, 0.15) is 90.1 Å². The summed E-state index contributed by atoms with van der Waals surface area (Å²) >= 11 is 0. The topological polar surface area (TPSA) is 58.9 Å². The monoisotopic (exact) mass is 664 g/mol. The lowest BCUT2D eigenvalue weighted by Gasteiger charge is -2.37. The molecule has 0 fully saturated rings. The Morgan fingerprint density at radius 2 is 0.940 bits per heavy atom. The van der Waals surface area contributed by atoms with Gasteiger partial charge in [-0.1, -0.05) is 114 Å². The molecule has 6 heteroatoms. The van der Waals surface area contributed by atoms with Crippen molar-refractivity contribution in [3.8, 4) is 11.1 Å². The molecule has 0 amide bonds. The first-order valence-electron chi connectivity index (χ1n) is 17.7. The van der Waals surface area contributed by atoms with Gasteiger partial charge in [-0.25, -0.2) is 0 Å². The van der Waals surface area contributed by atoms with E-state index in [4.69, 9.17) is 9.31 Å². The minimum atomic E-state index is -1.00. The molecule has 5 aromatic rings. The van der Waals surface area contributed by atoms with Gasteiger partial charge in [-0.2, -0.15) is 0 Å². The molecule has 1 aliphatic rings. The smallest absolute Gasteiger partial charge is 0.330 e. The Bertz CT molecular complexity index is 1890. The fourth-order valence-corrected chi connectivity index (χ4v) is 6.33. The van der Waals surface area contributed by atoms with Gasteiger partial charge in [-0.3, -0.25) is 0 Å². The first kappa shape index (κ1) is 36.1. The lowest BCUT2D eigenvalue weighted by molar-refractivity contribution is -0.0893. The van der Waals surface area contributed by atoms with Gasteiger partial charge >= 0.3 is 15.0 Å². The molecular weight excluding hydrogens is 614 g/mol. The zero-order valence-electron chi connectivity index (χ0n) is 31.1. The van der Waals surface area contributed by atoms with Crippen LogP contribution in [0.15, 0.2) is 103 Å². The second kappa shape index (κ2) is 13.1. The van der Waals surface area contributed by atoms with Crippen LogP contribution in [-0.2, 0) is 27.6 Å². The van der Waals surface area contributed by atoms with E-state index in [1.807, 2.05) is 27.7 Å². The summed E-state index contributed by atoms with van der Waals surface area (Å²) in [6.07, 6.45) is 2.30. The van der Waals surface area contributed by atoms with E-state index < -0.39 is 27.8 Å². The van der Waals surface area contributed by atoms with Crippen LogP contribution in [0.3, 0.4) is 0 Å². The first-order chi connectivity index (χ1) is 23.4. The second-order valence-electron chi connectivity index (χ2n) is 16.2. The zero-order valence-corrected chi connectivity index (χ0v) is 31.1. The third-order valence-corrected chi connectivity index (χ3v) is 11.6. The minimum Gasteiger partial charge on any atom is -0.427 e. The van der Waals surface area contributed by atoms with Gasteiger partial charge < -0.3 is 19.5 Å². The number of rotatable bonds is 12. The van der Waals surface area contributed by atoms with Crippen LogP contribution in [0.2, 0.25) is 0 Å². The van der Waals surface area contributed by atoms with E-state index in [1.165, 1.54) is 38.6 Å². The van der Waals surface area contributed by atoms with Crippen LogP contribution in [0.5, 0.6) is 0 Å². The maximum atomic E-state index is 10.6. The highest BCUT2D eigenvalue weighted by molar-refractivity contribution is 6.47. The Morgan fingerprint density at radius 3 is 1.34 bits per heavy atom. The fraction of sp³-hybridized carbons (Fsp3) is 0.364.